The summed E-state index contributed by atoms with van der Waals surface area (Å²) in [5.41, 5.74) is 11.5. The van der Waals surface area contributed by atoms with Gasteiger partial charge in [-0.3, -0.25) is 0 Å². The third-order valence-corrected chi connectivity index (χ3v) is 4.83. The molecule has 1 atom stereocenters. The van der Waals surface area contributed by atoms with E-state index in [4.69, 9.17) is 0 Å². The SMILES string of the molecule is Cc1cc(C)c(C)c(CC(C)c2cc(C)cc(C)c2C)c1. The van der Waals surface area contributed by atoms with Gasteiger partial charge in [0.1, 0.15) is 0 Å². The molecule has 0 fully saturated rings. The van der Waals surface area contributed by atoms with Crippen molar-refractivity contribution in [1.82, 2.24) is 0 Å². The lowest BCUT2D eigenvalue weighted by molar-refractivity contribution is 0.745. The fraction of sp³-hybridized carbons (Fsp3) is 0.429. The largest absolute Gasteiger partial charge is 0.0581 e. The molecule has 0 saturated carbocycles. The molecule has 0 aliphatic rings. The van der Waals surface area contributed by atoms with Gasteiger partial charge in [0.25, 0.3) is 0 Å². The smallest absolute Gasteiger partial charge is 0.0147 e. The average Bonchev–Trinajstić information content (AvgIpc) is 2.39. The molecular weight excluding hydrogens is 252 g/mol. The van der Waals surface area contributed by atoms with Crippen molar-refractivity contribution in [2.24, 2.45) is 0 Å². The first kappa shape index (κ1) is 15.8. The second-order valence-corrected chi connectivity index (χ2v) is 6.77. The van der Waals surface area contributed by atoms with Crippen molar-refractivity contribution < 1.29 is 0 Å². The summed E-state index contributed by atoms with van der Waals surface area (Å²) in [6.45, 7) is 15.7. The molecule has 2 aromatic rings. The van der Waals surface area contributed by atoms with Gasteiger partial charge in [0.15, 0.2) is 0 Å². The Bertz CT molecular complexity index is 662. The van der Waals surface area contributed by atoms with Crippen molar-refractivity contribution in [2.45, 2.75) is 60.8 Å². The molecule has 0 bridgehead atoms. The summed E-state index contributed by atoms with van der Waals surface area (Å²) in [5, 5.41) is 0. The summed E-state index contributed by atoms with van der Waals surface area (Å²) >= 11 is 0. The van der Waals surface area contributed by atoms with E-state index in [0.717, 1.165) is 6.42 Å². The van der Waals surface area contributed by atoms with Gasteiger partial charge in [-0.25, -0.2) is 0 Å². The van der Waals surface area contributed by atoms with Crippen molar-refractivity contribution in [3.63, 3.8) is 0 Å². The van der Waals surface area contributed by atoms with E-state index in [1.165, 1.54) is 44.5 Å². The average molecular weight is 280 g/mol. The monoisotopic (exact) mass is 280 g/mol. The van der Waals surface area contributed by atoms with E-state index >= 15 is 0 Å². The second-order valence-electron chi connectivity index (χ2n) is 6.77. The van der Waals surface area contributed by atoms with E-state index in [1.807, 2.05) is 0 Å². The first-order chi connectivity index (χ1) is 9.79. The molecule has 0 aromatic heterocycles. The minimum Gasteiger partial charge on any atom is -0.0581 e. The molecule has 112 valence electrons. The maximum absolute atomic E-state index is 2.37. The number of benzene rings is 2. The Labute approximate surface area is 130 Å². The molecule has 2 aromatic carbocycles. The Kier molecular flexibility index (Phi) is 4.56. The third kappa shape index (κ3) is 3.37. The molecule has 0 aliphatic carbocycles. The molecule has 0 N–H and O–H groups in total. The molecule has 0 radical (unpaired) electrons. The van der Waals surface area contributed by atoms with Crippen molar-refractivity contribution in [3.8, 4) is 0 Å². The Balaban J connectivity index is 2.37. The maximum Gasteiger partial charge on any atom is -0.0147 e. The fourth-order valence-corrected chi connectivity index (χ4v) is 3.36. The molecule has 0 spiro atoms. The predicted molar refractivity (Wildman–Crippen MR) is 93.4 cm³/mol. The zero-order chi connectivity index (χ0) is 15.7. The fourth-order valence-electron chi connectivity index (χ4n) is 3.36. The highest BCUT2D eigenvalue weighted by Gasteiger charge is 2.13. The van der Waals surface area contributed by atoms with Gasteiger partial charge in [0.2, 0.25) is 0 Å². The normalized spacial score (nSPS) is 12.5. The van der Waals surface area contributed by atoms with Crippen LogP contribution >= 0.6 is 0 Å². The van der Waals surface area contributed by atoms with E-state index in [9.17, 15) is 0 Å². The highest BCUT2D eigenvalue weighted by Crippen LogP contribution is 2.29. The van der Waals surface area contributed by atoms with E-state index in [1.54, 1.807) is 0 Å². The zero-order valence-electron chi connectivity index (χ0n) is 14.6. The third-order valence-electron chi connectivity index (χ3n) is 4.83. The number of aryl methyl sites for hydroxylation is 4. The van der Waals surface area contributed by atoms with Gasteiger partial charge in [0.05, 0.1) is 0 Å². The van der Waals surface area contributed by atoms with Gasteiger partial charge in [-0.15, -0.1) is 0 Å². The molecule has 1 unspecified atom stereocenters. The van der Waals surface area contributed by atoms with Gasteiger partial charge in [-0.2, -0.15) is 0 Å². The molecule has 0 saturated heterocycles. The van der Waals surface area contributed by atoms with E-state index < -0.39 is 0 Å². The van der Waals surface area contributed by atoms with Crippen LogP contribution in [0.5, 0.6) is 0 Å². The molecular formula is C21H28. The Morgan fingerprint density at radius 2 is 1.24 bits per heavy atom. The summed E-state index contributed by atoms with van der Waals surface area (Å²) in [7, 11) is 0. The standard InChI is InChI=1S/C21H28/c1-13-8-15(3)18(6)20(10-13)12-17(5)21-11-14(2)9-16(4)19(21)7/h8-11,17H,12H2,1-7H3. The van der Waals surface area contributed by atoms with Crippen LogP contribution in [0.2, 0.25) is 0 Å². The van der Waals surface area contributed by atoms with Crippen LogP contribution in [0.25, 0.3) is 0 Å². The summed E-state index contributed by atoms with van der Waals surface area (Å²) < 4.78 is 0. The van der Waals surface area contributed by atoms with Gasteiger partial charge in [0, 0.05) is 0 Å². The molecule has 0 aliphatic heterocycles. The molecule has 0 heteroatoms. The van der Waals surface area contributed by atoms with Crippen LogP contribution in [0.1, 0.15) is 57.3 Å². The number of hydrogen-bond acceptors (Lipinski definition) is 0. The Morgan fingerprint density at radius 1 is 0.714 bits per heavy atom. The quantitative estimate of drug-likeness (QED) is 0.658. The van der Waals surface area contributed by atoms with Gasteiger partial charge < -0.3 is 0 Å². The van der Waals surface area contributed by atoms with E-state index in [0.29, 0.717) is 5.92 Å². The minimum atomic E-state index is 0.559. The lowest BCUT2D eigenvalue weighted by atomic mass is 9.85. The first-order valence-electron chi connectivity index (χ1n) is 7.94. The predicted octanol–water partition coefficient (Wildman–Crippen LogP) is 5.88. The molecule has 0 nitrogen and oxygen atoms in total. The summed E-state index contributed by atoms with van der Waals surface area (Å²) in [5.74, 6) is 0.559. The van der Waals surface area contributed by atoms with Crippen LogP contribution in [0, 0.1) is 41.5 Å². The van der Waals surface area contributed by atoms with Gasteiger partial charge in [-0.1, -0.05) is 42.3 Å². The van der Waals surface area contributed by atoms with Gasteiger partial charge >= 0.3 is 0 Å². The Hall–Kier alpha value is -1.56. The molecule has 0 amide bonds. The van der Waals surface area contributed by atoms with Crippen molar-refractivity contribution >= 4 is 0 Å². The van der Waals surface area contributed by atoms with Crippen LogP contribution in [0.15, 0.2) is 24.3 Å². The number of rotatable bonds is 3. The van der Waals surface area contributed by atoms with E-state index in [2.05, 4.69) is 72.7 Å². The van der Waals surface area contributed by atoms with Crippen LogP contribution in [0.4, 0.5) is 0 Å². The highest BCUT2D eigenvalue weighted by molar-refractivity contribution is 5.42. The molecule has 2 rings (SSSR count). The second kappa shape index (κ2) is 6.05. The van der Waals surface area contributed by atoms with Gasteiger partial charge in [-0.05, 0) is 87.3 Å². The van der Waals surface area contributed by atoms with Crippen LogP contribution in [-0.2, 0) is 6.42 Å². The lowest BCUT2D eigenvalue weighted by Gasteiger charge is -2.19. The minimum absolute atomic E-state index is 0.559. The van der Waals surface area contributed by atoms with E-state index in [-0.39, 0.29) is 0 Å². The van der Waals surface area contributed by atoms with Crippen molar-refractivity contribution in [3.05, 3.63) is 68.8 Å². The lowest BCUT2D eigenvalue weighted by Crippen LogP contribution is -2.05. The zero-order valence-corrected chi connectivity index (χ0v) is 14.6. The first-order valence-corrected chi connectivity index (χ1v) is 7.94. The summed E-state index contributed by atoms with van der Waals surface area (Å²) in [6, 6.07) is 9.29. The van der Waals surface area contributed by atoms with Crippen molar-refractivity contribution in [1.29, 1.82) is 0 Å². The van der Waals surface area contributed by atoms with Crippen LogP contribution < -0.4 is 0 Å². The highest BCUT2D eigenvalue weighted by atomic mass is 14.2. The number of hydrogen-bond donors (Lipinski definition) is 0. The summed E-state index contributed by atoms with van der Waals surface area (Å²) in [6.07, 6.45) is 1.12. The maximum atomic E-state index is 2.37. The molecule has 0 heterocycles. The Morgan fingerprint density at radius 3 is 1.86 bits per heavy atom. The van der Waals surface area contributed by atoms with Crippen molar-refractivity contribution in [2.75, 3.05) is 0 Å². The molecule has 21 heavy (non-hydrogen) atoms. The van der Waals surface area contributed by atoms with Crippen LogP contribution in [-0.4, -0.2) is 0 Å². The summed E-state index contributed by atoms with van der Waals surface area (Å²) in [4.78, 5) is 0. The topological polar surface area (TPSA) is 0 Å². The van der Waals surface area contributed by atoms with Crippen LogP contribution in [0.3, 0.4) is 0 Å².